The van der Waals surface area contributed by atoms with Gasteiger partial charge in [0.1, 0.15) is 5.60 Å². The number of anilines is 1. The molecule has 0 atom stereocenters. The number of benzene rings is 1. The number of hydrogen-bond donors (Lipinski definition) is 2. The topological polar surface area (TPSA) is 64.3 Å². The molecule has 0 saturated heterocycles. The number of amides is 1. The number of nitrogen functional groups attached to an aromatic ring is 1. The van der Waals surface area contributed by atoms with E-state index in [0.29, 0.717) is 6.54 Å². The third-order valence-electron chi connectivity index (χ3n) is 2.38. The normalized spacial score (nSPS) is 11.6. The van der Waals surface area contributed by atoms with Crippen LogP contribution in [0.25, 0.3) is 6.08 Å². The summed E-state index contributed by atoms with van der Waals surface area (Å²) in [6.07, 6.45) is 3.35. The van der Waals surface area contributed by atoms with E-state index < -0.39 is 11.7 Å². The molecule has 0 heterocycles. The first kappa shape index (κ1) is 15.1. The number of aryl methyl sites for hydroxylation is 1. The molecule has 1 amide bonds. The van der Waals surface area contributed by atoms with Gasteiger partial charge in [-0.15, -0.1) is 0 Å². The summed E-state index contributed by atoms with van der Waals surface area (Å²) in [5.41, 5.74) is 8.18. The second-order valence-corrected chi connectivity index (χ2v) is 5.40. The van der Waals surface area contributed by atoms with Crippen molar-refractivity contribution >= 4 is 17.9 Å². The van der Waals surface area contributed by atoms with Crippen LogP contribution in [0.1, 0.15) is 31.9 Å². The molecule has 3 N–H and O–H groups in total. The van der Waals surface area contributed by atoms with Crippen LogP contribution in [0, 0.1) is 6.92 Å². The highest BCUT2D eigenvalue weighted by Gasteiger charge is 2.14. The van der Waals surface area contributed by atoms with Crippen LogP contribution in [0.2, 0.25) is 0 Å². The lowest BCUT2D eigenvalue weighted by Gasteiger charge is -2.19. The number of carbonyl (C=O) groups excluding carboxylic acids is 1. The van der Waals surface area contributed by atoms with Crippen molar-refractivity contribution in [2.45, 2.75) is 33.3 Å². The van der Waals surface area contributed by atoms with Crippen LogP contribution in [-0.4, -0.2) is 18.2 Å². The van der Waals surface area contributed by atoms with E-state index in [1.54, 1.807) is 0 Å². The highest BCUT2D eigenvalue weighted by atomic mass is 16.6. The van der Waals surface area contributed by atoms with Crippen LogP contribution in [0.15, 0.2) is 24.3 Å². The first-order chi connectivity index (χ1) is 8.78. The van der Waals surface area contributed by atoms with E-state index in [0.717, 1.165) is 16.8 Å². The lowest BCUT2D eigenvalue weighted by Crippen LogP contribution is -2.32. The third-order valence-corrected chi connectivity index (χ3v) is 2.38. The average Bonchev–Trinajstić information content (AvgIpc) is 2.27. The van der Waals surface area contributed by atoms with Crippen LogP contribution in [-0.2, 0) is 4.74 Å². The van der Waals surface area contributed by atoms with Crippen LogP contribution < -0.4 is 11.1 Å². The first-order valence-electron chi connectivity index (χ1n) is 6.27. The number of nitrogens with one attached hydrogen (secondary N) is 1. The number of rotatable bonds is 3. The second-order valence-electron chi connectivity index (χ2n) is 5.40. The van der Waals surface area contributed by atoms with E-state index in [1.807, 2.05) is 58.0 Å². The van der Waals surface area contributed by atoms with Crippen molar-refractivity contribution < 1.29 is 9.53 Å². The van der Waals surface area contributed by atoms with Crippen LogP contribution in [0.5, 0.6) is 0 Å². The molecular formula is C15H22N2O2. The summed E-state index contributed by atoms with van der Waals surface area (Å²) >= 11 is 0. The van der Waals surface area contributed by atoms with E-state index >= 15 is 0 Å². The molecule has 4 nitrogen and oxygen atoms in total. The van der Waals surface area contributed by atoms with Crippen molar-refractivity contribution in [3.63, 3.8) is 0 Å². The Labute approximate surface area is 114 Å². The van der Waals surface area contributed by atoms with Gasteiger partial charge >= 0.3 is 6.09 Å². The average molecular weight is 262 g/mol. The molecule has 0 spiro atoms. The first-order valence-corrected chi connectivity index (χ1v) is 6.27. The van der Waals surface area contributed by atoms with Crippen molar-refractivity contribution in [1.29, 1.82) is 0 Å². The summed E-state index contributed by atoms with van der Waals surface area (Å²) in [5.74, 6) is 0. The van der Waals surface area contributed by atoms with E-state index in [1.165, 1.54) is 0 Å². The quantitative estimate of drug-likeness (QED) is 0.823. The fraction of sp³-hybridized carbons (Fsp3) is 0.400. The Hall–Kier alpha value is -1.97. The predicted molar refractivity (Wildman–Crippen MR) is 78.9 cm³/mol. The van der Waals surface area contributed by atoms with Crippen molar-refractivity contribution in [3.05, 3.63) is 35.4 Å². The van der Waals surface area contributed by atoms with Crippen molar-refractivity contribution in [2.75, 3.05) is 12.3 Å². The van der Waals surface area contributed by atoms with E-state index in [9.17, 15) is 4.79 Å². The van der Waals surface area contributed by atoms with Gasteiger partial charge < -0.3 is 15.8 Å². The zero-order valence-corrected chi connectivity index (χ0v) is 12.0. The lowest BCUT2D eigenvalue weighted by atomic mass is 10.1. The van der Waals surface area contributed by atoms with Crippen molar-refractivity contribution in [3.8, 4) is 0 Å². The van der Waals surface area contributed by atoms with Crippen LogP contribution in [0.3, 0.4) is 0 Å². The maximum absolute atomic E-state index is 11.4. The minimum absolute atomic E-state index is 0.416. The van der Waals surface area contributed by atoms with Gasteiger partial charge in [-0.25, -0.2) is 4.79 Å². The van der Waals surface area contributed by atoms with E-state index in [-0.39, 0.29) is 0 Å². The zero-order chi connectivity index (χ0) is 14.5. The molecule has 0 aliphatic carbocycles. The fourth-order valence-electron chi connectivity index (χ4n) is 1.41. The van der Waals surface area contributed by atoms with Gasteiger partial charge in [-0.1, -0.05) is 24.3 Å². The summed E-state index contributed by atoms with van der Waals surface area (Å²) in [5, 5.41) is 2.66. The molecule has 0 fully saturated rings. The molecule has 0 aliphatic heterocycles. The van der Waals surface area contributed by atoms with Crippen LogP contribution in [0.4, 0.5) is 10.5 Å². The zero-order valence-electron chi connectivity index (χ0n) is 12.0. The molecular weight excluding hydrogens is 240 g/mol. The van der Waals surface area contributed by atoms with Gasteiger partial charge in [0, 0.05) is 12.2 Å². The minimum Gasteiger partial charge on any atom is -0.444 e. The fourth-order valence-corrected chi connectivity index (χ4v) is 1.41. The molecule has 1 aromatic rings. The Balaban J connectivity index is 2.42. The van der Waals surface area contributed by atoms with Gasteiger partial charge in [0.05, 0.1) is 0 Å². The maximum atomic E-state index is 11.4. The molecule has 0 aliphatic rings. The van der Waals surface area contributed by atoms with E-state index in [2.05, 4.69) is 5.32 Å². The molecule has 0 aromatic heterocycles. The van der Waals surface area contributed by atoms with Gasteiger partial charge in [-0.3, -0.25) is 0 Å². The molecule has 4 heteroatoms. The standard InChI is InChI=1S/C15H22N2O2/c1-11-7-8-12(10-13(11)16)6-5-9-17-14(18)19-15(2,3)4/h5-8,10H,9,16H2,1-4H3,(H,17,18). The van der Waals surface area contributed by atoms with Crippen molar-refractivity contribution in [2.24, 2.45) is 0 Å². The third kappa shape index (κ3) is 5.95. The Morgan fingerprint density at radius 1 is 1.42 bits per heavy atom. The summed E-state index contributed by atoms with van der Waals surface area (Å²) in [4.78, 5) is 11.4. The van der Waals surface area contributed by atoms with Gasteiger partial charge in [-0.2, -0.15) is 0 Å². The number of alkyl carbamates (subject to hydrolysis) is 1. The Morgan fingerprint density at radius 2 is 2.11 bits per heavy atom. The molecule has 19 heavy (non-hydrogen) atoms. The predicted octanol–water partition coefficient (Wildman–Crippen LogP) is 3.12. The molecule has 104 valence electrons. The highest BCUT2D eigenvalue weighted by molar-refractivity contribution is 5.68. The Bertz CT molecular complexity index is 474. The Kier molecular flexibility index (Phi) is 4.98. The SMILES string of the molecule is Cc1ccc(C=CCNC(=O)OC(C)(C)C)cc1N. The number of nitrogens with two attached hydrogens (primary N) is 1. The monoisotopic (exact) mass is 262 g/mol. The molecule has 0 unspecified atom stereocenters. The molecule has 0 bridgehead atoms. The van der Waals surface area contributed by atoms with Gasteiger partial charge in [0.15, 0.2) is 0 Å². The molecule has 0 saturated carbocycles. The maximum Gasteiger partial charge on any atom is 0.407 e. The Morgan fingerprint density at radius 3 is 2.68 bits per heavy atom. The number of hydrogen-bond acceptors (Lipinski definition) is 3. The number of carbonyl (C=O) groups is 1. The highest BCUT2D eigenvalue weighted by Crippen LogP contribution is 2.13. The summed E-state index contributed by atoms with van der Waals surface area (Å²) in [7, 11) is 0. The van der Waals surface area contributed by atoms with Crippen molar-refractivity contribution in [1.82, 2.24) is 5.32 Å². The van der Waals surface area contributed by atoms with Gasteiger partial charge in [-0.05, 0) is 44.9 Å². The van der Waals surface area contributed by atoms with Gasteiger partial charge in [0.2, 0.25) is 0 Å². The molecule has 0 radical (unpaired) electrons. The summed E-state index contributed by atoms with van der Waals surface area (Å²) in [6, 6.07) is 5.85. The van der Waals surface area contributed by atoms with Gasteiger partial charge in [0.25, 0.3) is 0 Å². The van der Waals surface area contributed by atoms with E-state index in [4.69, 9.17) is 10.5 Å². The molecule has 1 aromatic carbocycles. The number of ether oxygens (including phenoxy) is 1. The second kappa shape index (κ2) is 6.27. The molecule has 1 rings (SSSR count). The largest absolute Gasteiger partial charge is 0.444 e. The van der Waals surface area contributed by atoms with Crippen LogP contribution >= 0.6 is 0 Å². The summed E-state index contributed by atoms with van der Waals surface area (Å²) in [6.45, 7) is 7.88. The summed E-state index contributed by atoms with van der Waals surface area (Å²) < 4.78 is 5.12. The minimum atomic E-state index is -0.473. The smallest absolute Gasteiger partial charge is 0.407 e. The lowest BCUT2D eigenvalue weighted by molar-refractivity contribution is 0.0534.